The number of hydrogen-bond donors (Lipinski definition) is 0. The van der Waals surface area contributed by atoms with Gasteiger partial charge in [0.05, 0.1) is 61.8 Å². The van der Waals surface area contributed by atoms with Crippen molar-refractivity contribution in [3.05, 3.63) is 52.7 Å². The summed E-state index contributed by atoms with van der Waals surface area (Å²) < 4.78 is 27.4. The predicted molar refractivity (Wildman–Crippen MR) is 119 cm³/mol. The van der Waals surface area contributed by atoms with E-state index in [-0.39, 0.29) is 18.5 Å². The van der Waals surface area contributed by atoms with Crippen LogP contribution in [0.2, 0.25) is 0 Å². The zero-order valence-corrected chi connectivity index (χ0v) is 19.0. The molecule has 0 spiro atoms. The fourth-order valence-corrected chi connectivity index (χ4v) is 4.62. The van der Waals surface area contributed by atoms with Crippen LogP contribution in [0.1, 0.15) is 33.4 Å². The van der Waals surface area contributed by atoms with Crippen LogP contribution in [0.15, 0.2) is 24.4 Å². The van der Waals surface area contributed by atoms with Crippen LogP contribution in [0.25, 0.3) is 11.3 Å². The van der Waals surface area contributed by atoms with Crippen molar-refractivity contribution in [3.8, 4) is 17.1 Å². The number of hydrogen-bond acceptors (Lipinski definition) is 7. The number of benzene rings is 1. The van der Waals surface area contributed by atoms with Crippen molar-refractivity contribution >= 4 is 11.7 Å². The summed E-state index contributed by atoms with van der Waals surface area (Å²) in [5, 5.41) is 4.60. The molecule has 1 aromatic carbocycles. The normalized spacial score (nSPS) is 18.1. The van der Waals surface area contributed by atoms with Gasteiger partial charge < -0.3 is 19.3 Å². The zero-order chi connectivity index (χ0) is 23.3. The van der Waals surface area contributed by atoms with Crippen LogP contribution in [0.3, 0.4) is 0 Å². The molecule has 5 rings (SSSR count). The summed E-state index contributed by atoms with van der Waals surface area (Å²) in [5.41, 5.74) is 3.65. The van der Waals surface area contributed by atoms with Crippen molar-refractivity contribution in [3.63, 3.8) is 0 Å². The van der Waals surface area contributed by atoms with E-state index in [0.717, 1.165) is 5.69 Å². The van der Waals surface area contributed by atoms with E-state index in [1.807, 2.05) is 11.8 Å². The second-order valence-electron chi connectivity index (χ2n) is 8.30. The van der Waals surface area contributed by atoms with Gasteiger partial charge >= 0.3 is 0 Å². The number of rotatable bonds is 1. The molecule has 1 atom stereocenters. The Labute approximate surface area is 190 Å². The first-order valence-corrected chi connectivity index (χ1v) is 10.7. The predicted octanol–water partition coefficient (Wildman–Crippen LogP) is 2.50. The van der Waals surface area contributed by atoms with Gasteiger partial charge in [-0.3, -0.25) is 9.78 Å². The Kier molecular flexibility index (Phi) is 5.24. The number of aromatic nitrogens is 4. The minimum atomic E-state index is -0.407. The van der Waals surface area contributed by atoms with Crippen LogP contribution < -0.4 is 9.64 Å². The molecule has 1 fully saturated rings. The summed E-state index contributed by atoms with van der Waals surface area (Å²) >= 11 is 0. The minimum absolute atomic E-state index is 0.220. The summed E-state index contributed by atoms with van der Waals surface area (Å²) in [6.07, 6.45) is 1.69. The van der Waals surface area contributed by atoms with Crippen LogP contribution in [0, 0.1) is 12.7 Å². The number of anilines is 1. The Bertz CT molecular complexity index is 1240. The van der Waals surface area contributed by atoms with Gasteiger partial charge in [0, 0.05) is 26.2 Å². The lowest BCUT2D eigenvalue weighted by Crippen LogP contribution is -2.42. The van der Waals surface area contributed by atoms with Gasteiger partial charge in [-0.2, -0.15) is 5.10 Å². The Hall–Kier alpha value is -3.53. The van der Waals surface area contributed by atoms with Crippen molar-refractivity contribution in [2.24, 2.45) is 7.05 Å². The summed E-state index contributed by atoms with van der Waals surface area (Å²) in [6.45, 7) is 3.43. The highest BCUT2D eigenvalue weighted by molar-refractivity contribution is 5.96. The molecule has 0 radical (unpaired) electrons. The maximum atomic E-state index is 14.4. The fourth-order valence-electron chi connectivity index (χ4n) is 4.62. The van der Waals surface area contributed by atoms with E-state index in [4.69, 9.17) is 14.5 Å². The number of carbonyl (C=O) groups excluding carboxylic acids is 1. The number of aryl methyl sites for hydroxylation is 2. The standard InChI is InChI=1S/C23H25FN6O3/c1-13-21-26-17(10-25-13)20-18(27-29(3)23(20)32-4)11-28(2)22(31)15-6-5-14(24)9-16(15)19-12-33-8-7-30(19)21/h5-6,9-10,19H,7-8,11-12H2,1-4H3/t19-/m1/s1. The van der Waals surface area contributed by atoms with Gasteiger partial charge in [0.1, 0.15) is 5.82 Å². The van der Waals surface area contributed by atoms with Crippen molar-refractivity contribution in [1.29, 1.82) is 0 Å². The summed E-state index contributed by atoms with van der Waals surface area (Å²) in [6, 6.07) is 3.88. The smallest absolute Gasteiger partial charge is 0.254 e. The number of nitrogens with zero attached hydrogens (tertiary/aromatic N) is 6. The molecule has 0 unspecified atom stereocenters. The maximum Gasteiger partial charge on any atom is 0.254 e. The second kappa shape index (κ2) is 8.11. The van der Waals surface area contributed by atoms with Crippen LogP contribution in [0.5, 0.6) is 5.88 Å². The van der Waals surface area contributed by atoms with Gasteiger partial charge in [0.25, 0.3) is 5.91 Å². The molecule has 33 heavy (non-hydrogen) atoms. The molecule has 0 N–H and O–H groups in total. The van der Waals surface area contributed by atoms with Crippen LogP contribution >= 0.6 is 0 Å². The molecule has 0 saturated carbocycles. The van der Waals surface area contributed by atoms with Crippen molar-refractivity contribution in [1.82, 2.24) is 24.6 Å². The first-order chi connectivity index (χ1) is 15.9. The van der Waals surface area contributed by atoms with Gasteiger partial charge in [0.2, 0.25) is 5.88 Å². The van der Waals surface area contributed by atoms with Crippen LogP contribution in [-0.2, 0) is 18.3 Å². The number of amides is 1. The van der Waals surface area contributed by atoms with Gasteiger partial charge in [-0.15, -0.1) is 0 Å². The topological polar surface area (TPSA) is 85.6 Å². The Morgan fingerprint density at radius 3 is 2.88 bits per heavy atom. The molecule has 0 aliphatic carbocycles. The second-order valence-corrected chi connectivity index (χ2v) is 8.30. The lowest BCUT2D eigenvalue weighted by Gasteiger charge is -2.38. The molecule has 2 aromatic heterocycles. The van der Waals surface area contributed by atoms with Crippen LogP contribution in [0.4, 0.5) is 10.2 Å². The average molecular weight is 452 g/mol. The highest BCUT2D eigenvalue weighted by Gasteiger charge is 2.33. The first kappa shape index (κ1) is 21.3. The summed E-state index contributed by atoms with van der Waals surface area (Å²) in [4.78, 5) is 26.7. The molecule has 2 bridgehead atoms. The molecule has 10 heteroatoms. The van der Waals surface area contributed by atoms with Gasteiger partial charge in [-0.05, 0) is 30.7 Å². The van der Waals surface area contributed by atoms with E-state index in [1.165, 1.54) is 18.2 Å². The van der Waals surface area contributed by atoms with Crippen molar-refractivity contribution < 1.29 is 18.7 Å². The Morgan fingerprint density at radius 2 is 2.09 bits per heavy atom. The quantitative estimate of drug-likeness (QED) is 0.561. The molecule has 172 valence electrons. The monoisotopic (exact) mass is 452 g/mol. The van der Waals surface area contributed by atoms with Crippen LogP contribution in [-0.4, -0.2) is 64.5 Å². The Morgan fingerprint density at radius 1 is 1.27 bits per heavy atom. The minimum Gasteiger partial charge on any atom is -0.481 e. The summed E-state index contributed by atoms with van der Waals surface area (Å²) in [5.74, 6) is 0.565. The summed E-state index contributed by atoms with van der Waals surface area (Å²) in [7, 11) is 5.06. The van der Waals surface area contributed by atoms with Gasteiger partial charge in [-0.1, -0.05) is 0 Å². The SMILES string of the molecule is COc1c2c(nn1C)CN(C)C(=O)c1ccc(F)cc1[C@H]1COCCN1c1nc-2cnc1C. The number of carbonyl (C=O) groups is 1. The van der Waals surface area contributed by atoms with E-state index < -0.39 is 5.82 Å². The highest BCUT2D eigenvalue weighted by Crippen LogP contribution is 2.38. The molecule has 1 saturated heterocycles. The molecule has 2 aliphatic rings. The number of halogens is 1. The Balaban J connectivity index is 1.80. The molecule has 2 aliphatic heterocycles. The lowest BCUT2D eigenvalue weighted by atomic mass is 9.96. The molecular formula is C23H25FN6O3. The number of morpholine rings is 1. The fraction of sp³-hybridized carbons (Fsp3) is 0.391. The first-order valence-electron chi connectivity index (χ1n) is 10.7. The largest absolute Gasteiger partial charge is 0.481 e. The number of fused-ring (bicyclic) bond motifs is 8. The lowest BCUT2D eigenvalue weighted by molar-refractivity contribution is 0.0771. The van der Waals surface area contributed by atoms with Crippen molar-refractivity contribution in [2.75, 3.05) is 38.8 Å². The molecule has 9 nitrogen and oxygen atoms in total. The highest BCUT2D eigenvalue weighted by atomic mass is 19.1. The third-order valence-electron chi connectivity index (χ3n) is 6.18. The van der Waals surface area contributed by atoms with E-state index in [0.29, 0.717) is 59.5 Å². The maximum absolute atomic E-state index is 14.4. The van der Waals surface area contributed by atoms with E-state index >= 15 is 0 Å². The molecular weight excluding hydrogens is 427 g/mol. The third-order valence-corrected chi connectivity index (χ3v) is 6.18. The van der Waals surface area contributed by atoms with Gasteiger partial charge in [-0.25, -0.2) is 14.1 Å². The zero-order valence-electron chi connectivity index (χ0n) is 19.0. The molecule has 1 amide bonds. The number of methoxy groups -OCH3 is 1. The third kappa shape index (κ3) is 3.50. The van der Waals surface area contributed by atoms with Gasteiger partial charge in [0.15, 0.2) is 5.82 Å². The number of ether oxygens (including phenoxy) is 2. The molecule has 4 heterocycles. The van der Waals surface area contributed by atoms with E-state index in [2.05, 4.69) is 10.1 Å². The van der Waals surface area contributed by atoms with E-state index in [9.17, 15) is 9.18 Å². The molecule has 3 aromatic rings. The average Bonchev–Trinajstić information content (AvgIpc) is 3.12. The van der Waals surface area contributed by atoms with Crippen molar-refractivity contribution in [2.45, 2.75) is 19.5 Å². The van der Waals surface area contributed by atoms with E-state index in [1.54, 1.807) is 37.0 Å².